The topological polar surface area (TPSA) is 12.0 Å². The molecule has 0 bridgehead atoms. The van der Waals surface area contributed by atoms with Crippen molar-refractivity contribution in [2.75, 3.05) is 0 Å². The average molecular weight is 207 g/mol. The first-order chi connectivity index (χ1) is 6.86. The van der Waals surface area contributed by atoms with Crippen LogP contribution in [0, 0.1) is 6.92 Å². The summed E-state index contributed by atoms with van der Waals surface area (Å²) < 4.78 is 0. The smallest absolute Gasteiger partial charge is 0.0307 e. The maximum absolute atomic E-state index is 3.59. The number of allylic oxidation sites excluding steroid dienone is 1. The van der Waals surface area contributed by atoms with E-state index in [1.807, 2.05) is 11.3 Å². The molecule has 1 nitrogen and oxygen atoms in total. The molecule has 14 heavy (non-hydrogen) atoms. The van der Waals surface area contributed by atoms with Gasteiger partial charge in [-0.3, -0.25) is 0 Å². The van der Waals surface area contributed by atoms with Crippen LogP contribution in [0.5, 0.6) is 0 Å². The molecule has 1 N–H and O–H groups in total. The Morgan fingerprint density at radius 1 is 1.57 bits per heavy atom. The molecule has 2 heteroatoms. The standard InChI is InChI=1S/C12H17NS/c1-10-7-8-14-12(10)9-13-11-5-3-2-4-6-11/h3,5,7-8,11,13H,2,4,6,9H2,1H3. The van der Waals surface area contributed by atoms with Crippen molar-refractivity contribution < 1.29 is 0 Å². The number of thiophene rings is 1. The lowest BCUT2D eigenvalue weighted by Crippen LogP contribution is -2.27. The zero-order valence-electron chi connectivity index (χ0n) is 8.62. The Labute approximate surface area is 89.8 Å². The summed E-state index contributed by atoms with van der Waals surface area (Å²) in [6, 6.07) is 2.79. The lowest BCUT2D eigenvalue weighted by atomic mass is 10.0. The van der Waals surface area contributed by atoms with Crippen LogP contribution in [0.25, 0.3) is 0 Å². The van der Waals surface area contributed by atoms with Gasteiger partial charge in [0.1, 0.15) is 0 Å². The summed E-state index contributed by atoms with van der Waals surface area (Å²) in [5, 5.41) is 5.76. The van der Waals surface area contributed by atoms with E-state index in [1.54, 1.807) is 0 Å². The van der Waals surface area contributed by atoms with E-state index in [0.29, 0.717) is 6.04 Å². The van der Waals surface area contributed by atoms with Gasteiger partial charge in [0.2, 0.25) is 0 Å². The third-order valence-corrected chi connectivity index (χ3v) is 3.77. The lowest BCUT2D eigenvalue weighted by molar-refractivity contribution is 0.524. The number of hydrogen-bond donors (Lipinski definition) is 1. The van der Waals surface area contributed by atoms with Gasteiger partial charge in [0, 0.05) is 17.5 Å². The van der Waals surface area contributed by atoms with Crippen LogP contribution in [-0.4, -0.2) is 6.04 Å². The molecule has 0 fully saturated rings. The van der Waals surface area contributed by atoms with Crippen molar-refractivity contribution in [1.82, 2.24) is 5.32 Å². The van der Waals surface area contributed by atoms with Gasteiger partial charge in [-0.05, 0) is 43.2 Å². The molecule has 0 saturated heterocycles. The van der Waals surface area contributed by atoms with Crippen molar-refractivity contribution in [3.05, 3.63) is 34.0 Å². The summed E-state index contributed by atoms with van der Waals surface area (Å²) in [6.45, 7) is 3.21. The third-order valence-electron chi connectivity index (χ3n) is 2.75. The van der Waals surface area contributed by atoms with Gasteiger partial charge in [-0.15, -0.1) is 11.3 Å². The van der Waals surface area contributed by atoms with Gasteiger partial charge >= 0.3 is 0 Å². The molecule has 0 spiro atoms. The highest BCUT2D eigenvalue weighted by molar-refractivity contribution is 7.10. The Morgan fingerprint density at radius 2 is 2.50 bits per heavy atom. The molecule has 0 aliphatic heterocycles. The quantitative estimate of drug-likeness (QED) is 0.750. The molecule has 0 amide bonds. The minimum Gasteiger partial charge on any atom is -0.306 e. The summed E-state index contributed by atoms with van der Waals surface area (Å²) in [5.74, 6) is 0. The molecule has 0 radical (unpaired) electrons. The van der Waals surface area contributed by atoms with E-state index in [-0.39, 0.29) is 0 Å². The highest BCUT2D eigenvalue weighted by Crippen LogP contribution is 2.16. The van der Waals surface area contributed by atoms with Gasteiger partial charge < -0.3 is 5.32 Å². The highest BCUT2D eigenvalue weighted by atomic mass is 32.1. The Balaban J connectivity index is 1.85. The number of hydrogen-bond acceptors (Lipinski definition) is 2. The molecule has 1 aromatic rings. The van der Waals surface area contributed by atoms with Crippen LogP contribution < -0.4 is 5.32 Å². The van der Waals surface area contributed by atoms with Crippen molar-refractivity contribution in [2.45, 2.75) is 38.8 Å². The molecular weight excluding hydrogens is 190 g/mol. The minimum atomic E-state index is 0.602. The fourth-order valence-electron chi connectivity index (χ4n) is 1.79. The van der Waals surface area contributed by atoms with Crippen LogP contribution >= 0.6 is 11.3 Å². The summed E-state index contributed by atoms with van der Waals surface area (Å²) in [4.78, 5) is 1.48. The van der Waals surface area contributed by atoms with E-state index in [0.717, 1.165) is 6.54 Å². The van der Waals surface area contributed by atoms with Crippen LogP contribution in [0.15, 0.2) is 23.6 Å². The van der Waals surface area contributed by atoms with E-state index >= 15 is 0 Å². The number of rotatable bonds is 3. The van der Waals surface area contributed by atoms with Crippen molar-refractivity contribution >= 4 is 11.3 Å². The Hall–Kier alpha value is -0.600. The monoisotopic (exact) mass is 207 g/mol. The summed E-state index contributed by atoms with van der Waals surface area (Å²) in [6.07, 6.45) is 8.49. The molecule has 1 aliphatic rings. The molecule has 76 valence electrons. The lowest BCUT2D eigenvalue weighted by Gasteiger charge is -2.17. The molecule has 2 rings (SSSR count). The normalized spacial score (nSPS) is 21.4. The first kappa shape index (κ1) is 9.94. The number of aryl methyl sites for hydroxylation is 1. The van der Waals surface area contributed by atoms with Gasteiger partial charge in [-0.25, -0.2) is 0 Å². The zero-order chi connectivity index (χ0) is 9.80. The molecular formula is C12H17NS. The van der Waals surface area contributed by atoms with Gasteiger partial charge in [0.05, 0.1) is 0 Å². The molecule has 1 heterocycles. The van der Waals surface area contributed by atoms with E-state index in [2.05, 4.69) is 35.8 Å². The van der Waals surface area contributed by atoms with Crippen molar-refractivity contribution in [3.63, 3.8) is 0 Å². The molecule has 0 saturated carbocycles. The fraction of sp³-hybridized carbons (Fsp3) is 0.500. The Morgan fingerprint density at radius 3 is 3.14 bits per heavy atom. The van der Waals surface area contributed by atoms with E-state index in [1.165, 1.54) is 29.7 Å². The SMILES string of the molecule is Cc1ccsc1CNC1C=CCCC1. The molecule has 1 atom stereocenters. The van der Waals surface area contributed by atoms with Crippen molar-refractivity contribution in [1.29, 1.82) is 0 Å². The first-order valence-electron chi connectivity index (χ1n) is 5.29. The van der Waals surface area contributed by atoms with E-state index < -0.39 is 0 Å². The Kier molecular flexibility index (Phi) is 3.38. The van der Waals surface area contributed by atoms with Gasteiger partial charge in [0.15, 0.2) is 0 Å². The summed E-state index contributed by atoms with van der Waals surface area (Å²) in [5.41, 5.74) is 1.42. The number of nitrogens with one attached hydrogen (secondary N) is 1. The first-order valence-corrected chi connectivity index (χ1v) is 6.17. The maximum atomic E-state index is 3.59. The zero-order valence-corrected chi connectivity index (χ0v) is 9.44. The summed E-state index contributed by atoms with van der Waals surface area (Å²) in [7, 11) is 0. The third kappa shape index (κ3) is 2.46. The van der Waals surface area contributed by atoms with Gasteiger partial charge in [-0.1, -0.05) is 12.2 Å². The summed E-state index contributed by atoms with van der Waals surface area (Å²) >= 11 is 1.85. The average Bonchev–Trinajstić information content (AvgIpc) is 2.63. The van der Waals surface area contributed by atoms with Crippen molar-refractivity contribution in [2.24, 2.45) is 0 Å². The molecule has 1 unspecified atom stereocenters. The second-order valence-electron chi connectivity index (χ2n) is 3.87. The second-order valence-corrected chi connectivity index (χ2v) is 4.87. The minimum absolute atomic E-state index is 0.602. The van der Waals surface area contributed by atoms with E-state index in [9.17, 15) is 0 Å². The molecule has 1 aliphatic carbocycles. The maximum Gasteiger partial charge on any atom is 0.0307 e. The van der Waals surface area contributed by atoms with Gasteiger partial charge in [-0.2, -0.15) is 0 Å². The van der Waals surface area contributed by atoms with Crippen molar-refractivity contribution in [3.8, 4) is 0 Å². The van der Waals surface area contributed by atoms with Crippen LogP contribution in [0.3, 0.4) is 0 Å². The fourth-order valence-corrected chi connectivity index (χ4v) is 2.65. The predicted octanol–water partition coefficient (Wildman–Crippen LogP) is 3.25. The predicted molar refractivity (Wildman–Crippen MR) is 62.7 cm³/mol. The molecule has 1 aromatic heterocycles. The largest absolute Gasteiger partial charge is 0.306 e. The van der Waals surface area contributed by atoms with E-state index in [4.69, 9.17) is 0 Å². The van der Waals surface area contributed by atoms with Crippen LogP contribution in [0.1, 0.15) is 29.7 Å². The molecule has 0 aromatic carbocycles. The van der Waals surface area contributed by atoms with Crippen LogP contribution in [-0.2, 0) is 6.54 Å². The second kappa shape index (κ2) is 4.76. The van der Waals surface area contributed by atoms with Crippen LogP contribution in [0.2, 0.25) is 0 Å². The van der Waals surface area contributed by atoms with Gasteiger partial charge in [0.25, 0.3) is 0 Å². The Bertz CT molecular complexity index is 314. The highest BCUT2D eigenvalue weighted by Gasteiger charge is 2.08. The van der Waals surface area contributed by atoms with Crippen LogP contribution in [0.4, 0.5) is 0 Å².